The highest BCUT2D eigenvalue weighted by Crippen LogP contribution is 2.30. The Morgan fingerprint density at radius 2 is 2.35 bits per heavy atom. The molecular formula is C14H14N2O3S. The summed E-state index contributed by atoms with van der Waals surface area (Å²) in [6.45, 7) is 0.468. The second kappa shape index (κ2) is 5.58. The van der Waals surface area contributed by atoms with Gasteiger partial charge in [0.25, 0.3) is 0 Å². The van der Waals surface area contributed by atoms with Crippen LogP contribution in [-0.4, -0.2) is 23.3 Å². The summed E-state index contributed by atoms with van der Waals surface area (Å²) in [5, 5.41) is 5.26. The smallest absolute Gasteiger partial charge is 0.229 e. The number of ether oxygens (including phenoxy) is 1. The molecule has 6 heteroatoms. The van der Waals surface area contributed by atoms with Crippen LogP contribution in [0.1, 0.15) is 19.3 Å². The van der Waals surface area contributed by atoms with Gasteiger partial charge in [-0.3, -0.25) is 9.59 Å². The molecule has 1 amide bonds. The Labute approximate surface area is 120 Å². The highest BCUT2D eigenvalue weighted by molar-refractivity contribution is 7.13. The standard InChI is InChI=1S/C14H14N2O3S/c17-11-2-1-9-7-10(3-5-19-12(9)8-11)13(18)16-14-15-4-6-20-14/h1-2,4,6,10H,3,5,7-8H2,(H,15,16,18). The predicted molar refractivity (Wildman–Crippen MR) is 75.2 cm³/mol. The molecule has 2 aliphatic rings. The number of carbonyl (C=O) groups is 2. The number of rotatable bonds is 2. The first-order chi connectivity index (χ1) is 9.72. The van der Waals surface area contributed by atoms with E-state index in [2.05, 4.69) is 10.3 Å². The first kappa shape index (κ1) is 13.1. The summed E-state index contributed by atoms with van der Waals surface area (Å²) in [6.07, 6.45) is 6.56. The lowest BCUT2D eigenvalue weighted by molar-refractivity contribution is -0.120. The SMILES string of the molecule is O=C1C=CC2=C(C1)OCCC(C(=O)Nc1nccs1)C2. The van der Waals surface area contributed by atoms with Gasteiger partial charge in [-0.05, 0) is 24.5 Å². The number of thiazole rings is 1. The van der Waals surface area contributed by atoms with Crippen molar-refractivity contribution >= 4 is 28.2 Å². The number of anilines is 1. The normalized spacial score (nSPS) is 22.0. The average Bonchev–Trinajstić information content (AvgIpc) is 2.83. The van der Waals surface area contributed by atoms with Crippen molar-refractivity contribution < 1.29 is 14.3 Å². The third-order valence-corrected chi connectivity index (χ3v) is 4.09. The van der Waals surface area contributed by atoms with Crippen LogP contribution in [0.5, 0.6) is 0 Å². The third kappa shape index (κ3) is 2.80. The van der Waals surface area contributed by atoms with E-state index in [9.17, 15) is 9.59 Å². The predicted octanol–water partition coefficient (Wildman–Crippen LogP) is 2.29. The molecule has 3 rings (SSSR count). The largest absolute Gasteiger partial charge is 0.497 e. The molecule has 1 unspecified atom stereocenters. The molecular weight excluding hydrogens is 276 g/mol. The van der Waals surface area contributed by atoms with Crippen molar-refractivity contribution in [1.29, 1.82) is 0 Å². The Bertz CT molecular complexity index is 590. The number of hydrogen-bond acceptors (Lipinski definition) is 5. The van der Waals surface area contributed by atoms with Gasteiger partial charge in [0.05, 0.1) is 13.0 Å². The third-order valence-electron chi connectivity index (χ3n) is 3.41. The number of amides is 1. The van der Waals surface area contributed by atoms with Gasteiger partial charge in [0.2, 0.25) is 5.91 Å². The second-order valence-electron chi connectivity index (χ2n) is 4.79. The molecule has 5 nitrogen and oxygen atoms in total. The number of nitrogens with one attached hydrogen (secondary N) is 1. The van der Waals surface area contributed by atoms with E-state index in [1.807, 2.05) is 5.38 Å². The molecule has 0 bridgehead atoms. The van der Waals surface area contributed by atoms with Gasteiger partial charge >= 0.3 is 0 Å². The minimum absolute atomic E-state index is 0.0393. The zero-order chi connectivity index (χ0) is 13.9. The Morgan fingerprint density at radius 3 is 3.15 bits per heavy atom. The summed E-state index contributed by atoms with van der Waals surface area (Å²) in [5.74, 6) is 0.586. The summed E-state index contributed by atoms with van der Waals surface area (Å²) in [4.78, 5) is 27.7. The molecule has 0 aromatic carbocycles. The van der Waals surface area contributed by atoms with Gasteiger partial charge in [-0.2, -0.15) is 0 Å². The van der Waals surface area contributed by atoms with Crippen molar-refractivity contribution in [2.45, 2.75) is 19.3 Å². The van der Waals surface area contributed by atoms with Crippen LogP contribution in [0.2, 0.25) is 0 Å². The quantitative estimate of drug-likeness (QED) is 0.907. The van der Waals surface area contributed by atoms with E-state index in [1.165, 1.54) is 11.3 Å². The Hall–Kier alpha value is -1.95. The first-order valence-corrected chi connectivity index (χ1v) is 7.36. The van der Waals surface area contributed by atoms with Crippen molar-refractivity contribution in [1.82, 2.24) is 4.98 Å². The molecule has 0 saturated carbocycles. The molecule has 104 valence electrons. The summed E-state index contributed by atoms with van der Waals surface area (Å²) < 4.78 is 5.61. The zero-order valence-electron chi connectivity index (χ0n) is 10.8. The van der Waals surface area contributed by atoms with E-state index in [4.69, 9.17) is 4.74 Å². The maximum atomic E-state index is 12.2. The molecule has 2 heterocycles. The fraction of sp³-hybridized carbons (Fsp3) is 0.357. The summed E-state index contributed by atoms with van der Waals surface area (Å²) >= 11 is 1.40. The van der Waals surface area contributed by atoms with Gasteiger partial charge in [0.1, 0.15) is 5.76 Å². The van der Waals surface area contributed by atoms with E-state index in [0.717, 1.165) is 11.3 Å². The maximum absolute atomic E-state index is 12.2. The van der Waals surface area contributed by atoms with Gasteiger partial charge in [-0.25, -0.2) is 4.98 Å². The Balaban J connectivity index is 1.71. The van der Waals surface area contributed by atoms with E-state index >= 15 is 0 Å². The van der Waals surface area contributed by atoms with Crippen molar-refractivity contribution in [2.75, 3.05) is 11.9 Å². The van der Waals surface area contributed by atoms with Crippen LogP contribution < -0.4 is 5.32 Å². The summed E-state index contributed by atoms with van der Waals surface area (Å²) in [7, 11) is 0. The molecule has 1 aliphatic carbocycles. The van der Waals surface area contributed by atoms with Crippen LogP contribution in [0.3, 0.4) is 0 Å². The number of ketones is 1. The van der Waals surface area contributed by atoms with Crippen molar-refractivity contribution in [2.24, 2.45) is 5.92 Å². The van der Waals surface area contributed by atoms with Crippen molar-refractivity contribution in [3.05, 3.63) is 35.1 Å². The van der Waals surface area contributed by atoms with E-state index in [0.29, 0.717) is 31.0 Å². The minimum Gasteiger partial charge on any atom is -0.497 e. The molecule has 0 fully saturated rings. The van der Waals surface area contributed by atoms with Gasteiger partial charge in [-0.1, -0.05) is 6.08 Å². The van der Waals surface area contributed by atoms with E-state index in [1.54, 1.807) is 18.3 Å². The summed E-state index contributed by atoms with van der Waals surface area (Å²) in [6, 6.07) is 0. The average molecular weight is 290 g/mol. The fourth-order valence-electron chi connectivity index (χ4n) is 2.35. The molecule has 1 atom stereocenters. The minimum atomic E-state index is -0.149. The summed E-state index contributed by atoms with van der Waals surface area (Å²) in [5.41, 5.74) is 0.960. The lowest BCUT2D eigenvalue weighted by Gasteiger charge is -2.14. The van der Waals surface area contributed by atoms with Crippen LogP contribution in [0.25, 0.3) is 0 Å². The Kier molecular flexibility index (Phi) is 3.64. The van der Waals surface area contributed by atoms with Gasteiger partial charge in [-0.15, -0.1) is 11.3 Å². The molecule has 0 radical (unpaired) electrons. The van der Waals surface area contributed by atoms with Crippen molar-refractivity contribution in [3.8, 4) is 0 Å². The highest BCUT2D eigenvalue weighted by atomic mass is 32.1. The molecule has 1 aliphatic heterocycles. The zero-order valence-corrected chi connectivity index (χ0v) is 11.6. The van der Waals surface area contributed by atoms with Crippen molar-refractivity contribution in [3.63, 3.8) is 0 Å². The lowest BCUT2D eigenvalue weighted by Crippen LogP contribution is -2.23. The number of allylic oxidation sites excluding steroid dienone is 4. The van der Waals surface area contributed by atoms with Gasteiger partial charge in [0, 0.05) is 17.5 Å². The van der Waals surface area contributed by atoms with Gasteiger partial charge in [0.15, 0.2) is 10.9 Å². The monoisotopic (exact) mass is 290 g/mol. The van der Waals surface area contributed by atoms with Crippen LogP contribution in [-0.2, 0) is 14.3 Å². The van der Waals surface area contributed by atoms with E-state index in [-0.39, 0.29) is 17.6 Å². The van der Waals surface area contributed by atoms with E-state index < -0.39 is 0 Å². The Morgan fingerprint density at radius 1 is 1.45 bits per heavy atom. The lowest BCUT2D eigenvalue weighted by atomic mass is 9.92. The topological polar surface area (TPSA) is 68.3 Å². The number of carbonyl (C=O) groups excluding carboxylic acids is 2. The molecule has 0 spiro atoms. The number of nitrogens with zero attached hydrogens (tertiary/aromatic N) is 1. The van der Waals surface area contributed by atoms with Crippen LogP contribution in [0.4, 0.5) is 5.13 Å². The second-order valence-corrected chi connectivity index (χ2v) is 5.68. The molecule has 1 aromatic heterocycles. The molecule has 1 N–H and O–H groups in total. The fourth-order valence-corrected chi connectivity index (χ4v) is 2.88. The molecule has 20 heavy (non-hydrogen) atoms. The van der Waals surface area contributed by atoms with Crippen LogP contribution >= 0.6 is 11.3 Å². The first-order valence-electron chi connectivity index (χ1n) is 6.48. The number of aromatic nitrogens is 1. The van der Waals surface area contributed by atoms with Crippen LogP contribution in [0, 0.1) is 5.92 Å². The maximum Gasteiger partial charge on any atom is 0.229 e. The highest BCUT2D eigenvalue weighted by Gasteiger charge is 2.27. The number of hydrogen-bond donors (Lipinski definition) is 1. The molecule has 1 aromatic rings. The van der Waals surface area contributed by atoms with Gasteiger partial charge < -0.3 is 10.1 Å². The molecule has 0 saturated heterocycles. The van der Waals surface area contributed by atoms with Crippen LogP contribution in [0.15, 0.2) is 35.1 Å².